The van der Waals surface area contributed by atoms with Gasteiger partial charge in [0.2, 0.25) is 0 Å². The molecule has 64 valence electrons. The molecular formula is C12H16. The summed E-state index contributed by atoms with van der Waals surface area (Å²) in [6.07, 6.45) is 2.64. The molecule has 0 bridgehead atoms. The van der Waals surface area contributed by atoms with Crippen LogP contribution in [0.2, 0.25) is 0 Å². The van der Waals surface area contributed by atoms with Gasteiger partial charge in [-0.2, -0.15) is 0 Å². The molecule has 0 heteroatoms. The second-order valence-corrected chi connectivity index (χ2v) is 4.00. The van der Waals surface area contributed by atoms with E-state index >= 15 is 0 Å². The van der Waals surface area contributed by atoms with E-state index in [1.54, 1.807) is 11.1 Å². The SMILES string of the molecule is C[C@@H]1CCc2ccccc2[C@@H]1C. The van der Waals surface area contributed by atoms with Gasteiger partial charge in [-0.25, -0.2) is 0 Å². The molecule has 0 spiro atoms. The van der Waals surface area contributed by atoms with Crippen molar-refractivity contribution < 1.29 is 0 Å². The monoisotopic (exact) mass is 160 g/mol. The van der Waals surface area contributed by atoms with Gasteiger partial charge >= 0.3 is 0 Å². The molecule has 0 amide bonds. The van der Waals surface area contributed by atoms with Crippen molar-refractivity contribution >= 4 is 0 Å². The van der Waals surface area contributed by atoms with Crippen molar-refractivity contribution in [3.05, 3.63) is 35.4 Å². The number of rotatable bonds is 0. The molecule has 12 heavy (non-hydrogen) atoms. The molecule has 0 radical (unpaired) electrons. The number of hydrogen-bond acceptors (Lipinski definition) is 0. The zero-order valence-electron chi connectivity index (χ0n) is 7.88. The van der Waals surface area contributed by atoms with Gasteiger partial charge in [0, 0.05) is 0 Å². The Morgan fingerprint density at radius 1 is 1.17 bits per heavy atom. The minimum absolute atomic E-state index is 0.759. The van der Waals surface area contributed by atoms with Gasteiger partial charge in [-0.3, -0.25) is 0 Å². The smallest absolute Gasteiger partial charge is 0.0162 e. The molecule has 1 aliphatic carbocycles. The van der Waals surface area contributed by atoms with Crippen molar-refractivity contribution in [1.29, 1.82) is 0 Å². The summed E-state index contributed by atoms with van der Waals surface area (Å²) in [5.74, 6) is 1.62. The van der Waals surface area contributed by atoms with Crippen LogP contribution in [0.4, 0.5) is 0 Å². The molecule has 0 saturated carbocycles. The molecule has 0 heterocycles. The summed E-state index contributed by atoms with van der Waals surface area (Å²) in [5, 5.41) is 0. The summed E-state index contributed by atoms with van der Waals surface area (Å²) in [7, 11) is 0. The normalized spacial score (nSPS) is 28.2. The lowest BCUT2D eigenvalue weighted by molar-refractivity contribution is 0.426. The predicted molar refractivity (Wildman–Crippen MR) is 52.3 cm³/mol. The van der Waals surface area contributed by atoms with Crippen LogP contribution >= 0.6 is 0 Å². The molecule has 0 N–H and O–H groups in total. The highest BCUT2D eigenvalue weighted by Crippen LogP contribution is 2.34. The fourth-order valence-corrected chi connectivity index (χ4v) is 2.15. The molecule has 0 aliphatic heterocycles. The first kappa shape index (κ1) is 7.85. The summed E-state index contributed by atoms with van der Waals surface area (Å²) in [6.45, 7) is 4.71. The van der Waals surface area contributed by atoms with Crippen LogP contribution in [0.25, 0.3) is 0 Å². The van der Waals surface area contributed by atoms with Gasteiger partial charge < -0.3 is 0 Å². The molecule has 2 rings (SSSR count). The van der Waals surface area contributed by atoms with Gasteiger partial charge in [0.1, 0.15) is 0 Å². The van der Waals surface area contributed by atoms with E-state index in [1.807, 2.05) is 0 Å². The van der Waals surface area contributed by atoms with Gasteiger partial charge in [-0.1, -0.05) is 38.1 Å². The van der Waals surface area contributed by atoms with Crippen LogP contribution in [-0.4, -0.2) is 0 Å². The van der Waals surface area contributed by atoms with Crippen molar-refractivity contribution in [2.24, 2.45) is 5.92 Å². The topological polar surface area (TPSA) is 0 Å². The first-order valence-electron chi connectivity index (χ1n) is 4.87. The Morgan fingerprint density at radius 2 is 1.92 bits per heavy atom. The van der Waals surface area contributed by atoms with E-state index in [0.717, 1.165) is 11.8 Å². The van der Waals surface area contributed by atoms with Gasteiger partial charge in [-0.15, -0.1) is 0 Å². The molecule has 0 nitrogen and oxygen atoms in total. The minimum Gasteiger partial charge on any atom is -0.0620 e. The van der Waals surface area contributed by atoms with Crippen LogP contribution in [0.15, 0.2) is 24.3 Å². The van der Waals surface area contributed by atoms with Gasteiger partial charge in [-0.05, 0) is 35.8 Å². The molecule has 1 aromatic carbocycles. The van der Waals surface area contributed by atoms with E-state index in [-0.39, 0.29) is 0 Å². The molecule has 1 aromatic rings. The number of fused-ring (bicyclic) bond motifs is 1. The molecule has 0 fully saturated rings. The third-order valence-electron chi connectivity index (χ3n) is 3.27. The van der Waals surface area contributed by atoms with E-state index in [4.69, 9.17) is 0 Å². The lowest BCUT2D eigenvalue weighted by Crippen LogP contribution is -2.15. The van der Waals surface area contributed by atoms with Crippen LogP contribution in [0.1, 0.15) is 37.3 Å². The van der Waals surface area contributed by atoms with Crippen molar-refractivity contribution in [2.45, 2.75) is 32.6 Å². The van der Waals surface area contributed by atoms with Crippen molar-refractivity contribution in [3.63, 3.8) is 0 Å². The zero-order valence-corrected chi connectivity index (χ0v) is 7.88. The van der Waals surface area contributed by atoms with E-state index in [9.17, 15) is 0 Å². The standard InChI is InChI=1S/C12H16/c1-9-7-8-11-5-3-4-6-12(11)10(9)2/h3-6,9-10H,7-8H2,1-2H3/t9-,10-/m1/s1. The van der Waals surface area contributed by atoms with Crippen molar-refractivity contribution in [3.8, 4) is 0 Å². The average Bonchev–Trinajstić information content (AvgIpc) is 2.12. The highest BCUT2D eigenvalue weighted by molar-refractivity contribution is 5.32. The summed E-state index contributed by atoms with van der Waals surface area (Å²) in [5.41, 5.74) is 3.15. The zero-order chi connectivity index (χ0) is 8.55. The van der Waals surface area contributed by atoms with Gasteiger partial charge in [0.25, 0.3) is 0 Å². The fraction of sp³-hybridized carbons (Fsp3) is 0.500. The molecule has 2 atom stereocenters. The van der Waals surface area contributed by atoms with E-state index in [2.05, 4.69) is 38.1 Å². The highest BCUT2D eigenvalue weighted by atomic mass is 14.3. The Hall–Kier alpha value is -0.780. The highest BCUT2D eigenvalue weighted by Gasteiger charge is 2.21. The lowest BCUT2D eigenvalue weighted by Gasteiger charge is -2.28. The van der Waals surface area contributed by atoms with Crippen molar-refractivity contribution in [1.82, 2.24) is 0 Å². The summed E-state index contributed by atoms with van der Waals surface area (Å²) >= 11 is 0. The maximum Gasteiger partial charge on any atom is -0.0162 e. The van der Waals surface area contributed by atoms with E-state index in [0.29, 0.717) is 0 Å². The molecule has 0 unspecified atom stereocenters. The second kappa shape index (κ2) is 2.93. The van der Waals surface area contributed by atoms with Crippen LogP contribution in [0, 0.1) is 5.92 Å². The minimum atomic E-state index is 0.759. The summed E-state index contributed by atoms with van der Waals surface area (Å²) in [6, 6.07) is 8.88. The average molecular weight is 160 g/mol. The largest absolute Gasteiger partial charge is 0.0620 e. The Kier molecular flexibility index (Phi) is 1.92. The number of benzene rings is 1. The third kappa shape index (κ3) is 1.16. The Balaban J connectivity index is 2.42. The maximum absolute atomic E-state index is 2.36. The molecular weight excluding hydrogens is 144 g/mol. The van der Waals surface area contributed by atoms with Crippen LogP contribution < -0.4 is 0 Å². The fourth-order valence-electron chi connectivity index (χ4n) is 2.15. The summed E-state index contributed by atoms with van der Waals surface area (Å²) < 4.78 is 0. The van der Waals surface area contributed by atoms with E-state index in [1.165, 1.54) is 12.8 Å². The molecule has 1 aliphatic rings. The van der Waals surface area contributed by atoms with Gasteiger partial charge in [0.05, 0.1) is 0 Å². The Morgan fingerprint density at radius 3 is 2.75 bits per heavy atom. The predicted octanol–water partition coefficient (Wildman–Crippen LogP) is 3.37. The Bertz CT molecular complexity index is 275. The number of hydrogen-bond donors (Lipinski definition) is 0. The molecule has 0 saturated heterocycles. The first-order chi connectivity index (χ1) is 5.79. The lowest BCUT2D eigenvalue weighted by atomic mass is 9.77. The number of aryl methyl sites for hydroxylation is 1. The van der Waals surface area contributed by atoms with Crippen LogP contribution in [-0.2, 0) is 6.42 Å². The van der Waals surface area contributed by atoms with Crippen LogP contribution in [0.3, 0.4) is 0 Å². The Labute approximate surface area is 74.6 Å². The second-order valence-electron chi connectivity index (χ2n) is 4.00. The van der Waals surface area contributed by atoms with E-state index < -0.39 is 0 Å². The van der Waals surface area contributed by atoms with Crippen molar-refractivity contribution in [2.75, 3.05) is 0 Å². The maximum atomic E-state index is 2.36. The van der Waals surface area contributed by atoms with Gasteiger partial charge in [0.15, 0.2) is 0 Å². The molecule has 0 aromatic heterocycles. The van der Waals surface area contributed by atoms with Crippen LogP contribution in [0.5, 0.6) is 0 Å². The summed E-state index contributed by atoms with van der Waals surface area (Å²) in [4.78, 5) is 0. The third-order valence-corrected chi connectivity index (χ3v) is 3.27. The first-order valence-corrected chi connectivity index (χ1v) is 4.87. The quantitative estimate of drug-likeness (QED) is 0.546.